The Hall–Kier alpha value is -0.570. The number of likely N-dealkylation sites (N-methyl/N-ethyl adjacent to an activating group) is 1. The standard InChI is InChI=1S/C6H13N2O/c1-3-7-4-5-8-6(2)9/h3-5H2,1-2H3,(H,8,9). The monoisotopic (exact) mass is 129 g/mol. The van der Waals surface area contributed by atoms with E-state index in [1.165, 1.54) is 6.92 Å². The lowest BCUT2D eigenvalue weighted by Gasteiger charge is -1.98. The quantitative estimate of drug-likeness (QED) is 0.522. The number of hydrogen-bond donors (Lipinski definition) is 1. The minimum Gasteiger partial charge on any atom is -0.355 e. The molecular weight excluding hydrogens is 116 g/mol. The first-order chi connectivity index (χ1) is 4.27. The Morgan fingerprint density at radius 3 is 2.78 bits per heavy atom. The maximum atomic E-state index is 10.3. The predicted octanol–water partition coefficient (Wildman–Crippen LogP) is -0.253. The molecule has 0 aromatic heterocycles. The molecule has 0 heterocycles. The second kappa shape index (κ2) is 5.56. The molecule has 0 aliphatic heterocycles. The van der Waals surface area contributed by atoms with Crippen molar-refractivity contribution in [3.8, 4) is 0 Å². The van der Waals surface area contributed by atoms with Crippen LogP contribution in [0.15, 0.2) is 0 Å². The van der Waals surface area contributed by atoms with Gasteiger partial charge in [-0.25, -0.2) is 5.32 Å². The normalized spacial score (nSPS) is 9.11. The third-order valence-corrected chi connectivity index (χ3v) is 0.867. The van der Waals surface area contributed by atoms with Gasteiger partial charge in [-0.2, -0.15) is 0 Å². The number of amides is 1. The van der Waals surface area contributed by atoms with Gasteiger partial charge in [0.2, 0.25) is 5.91 Å². The third kappa shape index (κ3) is 7.43. The third-order valence-electron chi connectivity index (χ3n) is 0.867. The molecule has 0 bridgehead atoms. The van der Waals surface area contributed by atoms with Crippen molar-refractivity contribution in [2.45, 2.75) is 13.8 Å². The molecule has 0 spiro atoms. The highest BCUT2D eigenvalue weighted by molar-refractivity contribution is 5.72. The van der Waals surface area contributed by atoms with Crippen LogP contribution < -0.4 is 10.6 Å². The summed E-state index contributed by atoms with van der Waals surface area (Å²) in [7, 11) is 0. The molecule has 1 radical (unpaired) electrons. The first kappa shape index (κ1) is 8.43. The molecule has 53 valence electrons. The summed E-state index contributed by atoms with van der Waals surface area (Å²) < 4.78 is 0. The van der Waals surface area contributed by atoms with Crippen molar-refractivity contribution in [3.05, 3.63) is 0 Å². The zero-order chi connectivity index (χ0) is 7.11. The molecular formula is C6H13N2O. The summed E-state index contributed by atoms with van der Waals surface area (Å²) >= 11 is 0. The van der Waals surface area contributed by atoms with Gasteiger partial charge in [0.1, 0.15) is 0 Å². The molecule has 0 atom stereocenters. The van der Waals surface area contributed by atoms with Gasteiger partial charge in [0.15, 0.2) is 0 Å². The molecule has 1 N–H and O–H groups in total. The van der Waals surface area contributed by atoms with E-state index in [0.29, 0.717) is 6.54 Å². The predicted molar refractivity (Wildman–Crippen MR) is 36.2 cm³/mol. The lowest BCUT2D eigenvalue weighted by atomic mass is 10.5. The molecule has 0 aromatic carbocycles. The Balaban J connectivity index is 2.83. The number of nitrogens with one attached hydrogen (secondary N) is 1. The molecule has 0 aromatic rings. The Labute approximate surface area is 55.8 Å². The zero-order valence-corrected chi connectivity index (χ0v) is 5.98. The molecule has 0 unspecified atom stereocenters. The van der Waals surface area contributed by atoms with Gasteiger partial charge in [0, 0.05) is 26.6 Å². The van der Waals surface area contributed by atoms with E-state index in [1.54, 1.807) is 0 Å². The zero-order valence-electron chi connectivity index (χ0n) is 5.98. The van der Waals surface area contributed by atoms with Crippen LogP contribution in [0.2, 0.25) is 0 Å². The lowest BCUT2D eigenvalue weighted by molar-refractivity contribution is -0.118. The number of hydrogen-bond acceptors (Lipinski definition) is 1. The van der Waals surface area contributed by atoms with Gasteiger partial charge in [0.05, 0.1) is 0 Å². The van der Waals surface area contributed by atoms with E-state index in [2.05, 4.69) is 10.6 Å². The number of carbonyl (C=O) groups excluding carboxylic acids is 1. The van der Waals surface area contributed by atoms with Crippen molar-refractivity contribution < 1.29 is 4.79 Å². The topological polar surface area (TPSA) is 43.2 Å². The molecule has 0 rings (SSSR count). The SMILES string of the molecule is CC[N]CCNC(C)=O. The van der Waals surface area contributed by atoms with E-state index in [4.69, 9.17) is 0 Å². The number of carbonyl (C=O) groups is 1. The van der Waals surface area contributed by atoms with Crippen molar-refractivity contribution in [2.24, 2.45) is 0 Å². The molecule has 9 heavy (non-hydrogen) atoms. The minimum atomic E-state index is 0.0151. The molecule has 0 saturated heterocycles. The molecule has 0 aliphatic rings. The number of rotatable bonds is 4. The molecule has 0 aliphatic carbocycles. The highest BCUT2D eigenvalue weighted by Crippen LogP contribution is 1.62. The highest BCUT2D eigenvalue weighted by Gasteiger charge is 1.87. The van der Waals surface area contributed by atoms with E-state index in [1.807, 2.05) is 6.92 Å². The average molecular weight is 129 g/mol. The molecule has 3 nitrogen and oxygen atoms in total. The van der Waals surface area contributed by atoms with E-state index in [9.17, 15) is 4.79 Å². The summed E-state index contributed by atoms with van der Waals surface area (Å²) in [5.41, 5.74) is 0. The first-order valence-electron chi connectivity index (χ1n) is 3.15. The Morgan fingerprint density at radius 1 is 1.67 bits per heavy atom. The minimum absolute atomic E-state index is 0.0151. The average Bonchev–Trinajstić information content (AvgIpc) is 1.80. The van der Waals surface area contributed by atoms with E-state index in [0.717, 1.165) is 13.1 Å². The lowest BCUT2D eigenvalue weighted by Crippen LogP contribution is -2.26. The summed E-state index contributed by atoms with van der Waals surface area (Å²) in [5.74, 6) is 0.0151. The smallest absolute Gasteiger partial charge is 0.216 e. The Kier molecular flexibility index (Phi) is 5.21. The molecule has 1 amide bonds. The van der Waals surface area contributed by atoms with Crippen molar-refractivity contribution in [1.82, 2.24) is 10.6 Å². The van der Waals surface area contributed by atoms with Crippen LogP contribution in [0.5, 0.6) is 0 Å². The molecule has 0 fully saturated rings. The molecule has 0 saturated carbocycles. The van der Waals surface area contributed by atoms with Crippen LogP contribution in [0.4, 0.5) is 0 Å². The Morgan fingerprint density at radius 2 is 2.33 bits per heavy atom. The van der Waals surface area contributed by atoms with Gasteiger partial charge in [0.25, 0.3) is 0 Å². The van der Waals surface area contributed by atoms with Gasteiger partial charge in [-0.05, 0) is 0 Å². The Bertz CT molecular complexity index is 83.1. The van der Waals surface area contributed by atoms with Crippen LogP contribution in [0.1, 0.15) is 13.8 Å². The van der Waals surface area contributed by atoms with Crippen LogP contribution in [-0.4, -0.2) is 25.5 Å². The largest absolute Gasteiger partial charge is 0.355 e. The van der Waals surface area contributed by atoms with Crippen LogP contribution in [0.25, 0.3) is 0 Å². The van der Waals surface area contributed by atoms with E-state index >= 15 is 0 Å². The van der Waals surface area contributed by atoms with Crippen LogP contribution >= 0.6 is 0 Å². The fourth-order valence-electron chi connectivity index (χ4n) is 0.469. The van der Waals surface area contributed by atoms with Crippen molar-refractivity contribution >= 4 is 5.91 Å². The van der Waals surface area contributed by atoms with Gasteiger partial charge >= 0.3 is 0 Å². The van der Waals surface area contributed by atoms with Crippen molar-refractivity contribution in [3.63, 3.8) is 0 Å². The maximum absolute atomic E-state index is 10.3. The number of nitrogens with zero attached hydrogens (tertiary/aromatic N) is 1. The van der Waals surface area contributed by atoms with Gasteiger partial charge in [-0.3, -0.25) is 4.79 Å². The fraction of sp³-hybridized carbons (Fsp3) is 0.833. The van der Waals surface area contributed by atoms with Crippen LogP contribution in [0.3, 0.4) is 0 Å². The summed E-state index contributed by atoms with van der Waals surface area (Å²) in [6, 6.07) is 0. The second-order valence-electron chi connectivity index (χ2n) is 1.75. The van der Waals surface area contributed by atoms with E-state index in [-0.39, 0.29) is 5.91 Å². The van der Waals surface area contributed by atoms with E-state index < -0.39 is 0 Å². The van der Waals surface area contributed by atoms with Crippen LogP contribution in [0, 0.1) is 0 Å². The van der Waals surface area contributed by atoms with Crippen molar-refractivity contribution in [1.29, 1.82) is 0 Å². The highest BCUT2D eigenvalue weighted by atomic mass is 16.1. The summed E-state index contributed by atoms with van der Waals surface area (Å²) in [4.78, 5) is 10.3. The maximum Gasteiger partial charge on any atom is 0.216 e. The molecule has 3 heteroatoms. The van der Waals surface area contributed by atoms with Gasteiger partial charge in [-0.15, -0.1) is 0 Å². The summed E-state index contributed by atoms with van der Waals surface area (Å²) in [6.07, 6.45) is 0. The van der Waals surface area contributed by atoms with Crippen LogP contribution in [-0.2, 0) is 4.79 Å². The summed E-state index contributed by atoms with van der Waals surface area (Å²) in [5, 5.41) is 6.68. The van der Waals surface area contributed by atoms with Gasteiger partial charge in [-0.1, -0.05) is 6.92 Å². The second-order valence-corrected chi connectivity index (χ2v) is 1.75. The van der Waals surface area contributed by atoms with Gasteiger partial charge < -0.3 is 5.32 Å². The first-order valence-corrected chi connectivity index (χ1v) is 3.15. The summed E-state index contributed by atoms with van der Waals surface area (Å²) in [6.45, 7) is 5.72. The fourth-order valence-corrected chi connectivity index (χ4v) is 0.469. The van der Waals surface area contributed by atoms with Crippen molar-refractivity contribution in [2.75, 3.05) is 19.6 Å².